The Kier molecular flexibility index (Phi) is 4.74. The molecule has 4 rings (SSSR count). The number of aryl methyl sites for hydroxylation is 1. The number of nitrogens with zero attached hydrogens (tertiary/aromatic N) is 3. The second-order valence-electron chi connectivity index (χ2n) is 6.67. The molecule has 0 bridgehead atoms. The first-order valence-electron chi connectivity index (χ1n) is 9.06. The molecule has 0 saturated heterocycles. The summed E-state index contributed by atoms with van der Waals surface area (Å²) < 4.78 is 7.14. The second kappa shape index (κ2) is 7.53. The van der Waals surface area contributed by atoms with Crippen molar-refractivity contribution in [3.8, 4) is 17.4 Å². The number of allylic oxidation sites excluding steroid dienone is 1. The van der Waals surface area contributed by atoms with Crippen molar-refractivity contribution in [2.45, 2.75) is 6.92 Å². The van der Waals surface area contributed by atoms with Crippen LogP contribution >= 0.6 is 0 Å². The Morgan fingerprint density at radius 1 is 1.20 bits per heavy atom. The first kappa shape index (κ1) is 18.9. The standard InChI is InChI=1S/C23H15N3O4/c1-15-6-7-16(12-21(15)26(28)29)22-10-8-18(30-22)9-11-23(27)25-14-17(13-24)19-4-2-3-5-20(19)25/h2-12,14H,1H3/b11-9+. The van der Waals surface area contributed by atoms with E-state index < -0.39 is 4.92 Å². The zero-order chi connectivity index (χ0) is 21.3. The van der Waals surface area contributed by atoms with Gasteiger partial charge in [0.2, 0.25) is 0 Å². The third-order valence-electron chi connectivity index (χ3n) is 4.78. The lowest BCUT2D eigenvalue weighted by Crippen LogP contribution is -2.04. The van der Waals surface area contributed by atoms with Gasteiger partial charge in [-0.2, -0.15) is 5.26 Å². The molecule has 2 aromatic heterocycles. The summed E-state index contributed by atoms with van der Waals surface area (Å²) in [5.74, 6) is 0.568. The smallest absolute Gasteiger partial charge is 0.273 e. The lowest BCUT2D eigenvalue weighted by atomic mass is 10.1. The molecule has 7 nitrogen and oxygen atoms in total. The van der Waals surface area contributed by atoms with Gasteiger partial charge in [0.05, 0.1) is 16.0 Å². The lowest BCUT2D eigenvalue weighted by Gasteiger charge is -2.00. The predicted molar refractivity (Wildman–Crippen MR) is 112 cm³/mol. The number of furan rings is 1. The molecule has 0 spiro atoms. The molecule has 0 atom stereocenters. The molecule has 30 heavy (non-hydrogen) atoms. The zero-order valence-corrected chi connectivity index (χ0v) is 15.9. The normalized spacial score (nSPS) is 11.1. The van der Waals surface area contributed by atoms with Gasteiger partial charge in [-0.3, -0.25) is 19.5 Å². The monoisotopic (exact) mass is 397 g/mol. The van der Waals surface area contributed by atoms with Gasteiger partial charge in [0, 0.05) is 34.9 Å². The van der Waals surface area contributed by atoms with E-state index in [-0.39, 0.29) is 11.6 Å². The number of hydrogen-bond donors (Lipinski definition) is 0. The van der Waals surface area contributed by atoms with E-state index in [1.54, 1.807) is 49.4 Å². The molecule has 2 heterocycles. The van der Waals surface area contributed by atoms with Crippen molar-refractivity contribution in [2.24, 2.45) is 0 Å². The van der Waals surface area contributed by atoms with E-state index in [0.29, 0.717) is 39.1 Å². The Morgan fingerprint density at radius 3 is 2.77 bits per heavy atom. The average molecular weight is 397 g/mol. The van der Waals surface area contributed by atoms with Crippen LogP contribution in [0.1, 0.15) is 21.7 Å². The third-order valence-corrected chi connectivity index (χ3v) is 4.78. The molecule has 0 saturated carbocycles. The minimum Gasteiger partial charge on any atom is -0.457 e. The molecule has 0 amide bonds. The van der Waals surface area contributed by atoms with Crippen LogP contribution < -0.4 is 0 Å². The fraction of sp³-hybridized carbons (Fsp3) is 0.0435. The van der Waals surface area contributed by atoms with Gasteiger partial charge in [0.1, 0.15) is 17.6 Å². The molecular formula is C23H15N3O4. The highest BCUT2D eigenvalue weighted by molar-refractivity contribution is 6.01. The van der Waals surface area contributed by atoms with Gasteiger partial charge in [-0.05, 0) is 31.2 Å². The van der Waals surface area contributed by atoms with E-state index in [1.807, 2.05) is 6.07 Å². The van der Waals surface area contributed by atoms with Crippen LogP contribution in [-0.4, -0.2) is 15.4 Å². The maximum absolute atomic E-state index is 12.6. The number of nitro groups is 1. The van der Waals surface area contributed by atoms with Crippen LogP contribution in [-0.2, 0) is 0 Å². The van der Waals surface area contributed by atoms with Crippen molar-refractivity contribution in [1.29, 1.82) is 5.26 Å². The topological polar surface area (TPSA) is 102 Å². The molecular weight excluding hydrogens is 382 g/mol. The van der Waals surface area contributed by atoms with Crippen LogP contribution in [0.3, 0.4) is 0 Å². The van der Waals surface area contributed by atoms with Crippen LogP contribution in [0.15, 0.2) is 71.3 Å². The molecule has 7 heteroatoms. The molecule has 0 unspecified atom stereocenters. The fourth-order valence-corrected chi connectivity index (χ4v) is 3.24. The maximum atomic E-state index is 12.6. The van der Waals surface area contributed by atoms with Crippen LogP contribution in [0.25, 0.3) is 28.3 Å². The van der Waals surface area contributed by atoms with Gasteiger partial charge in [-0.15, -0.1) is 0 Å². The van der Waals surface area contributed by atoms with E-state index in [0.717, 1.165) is 0 Å². The number of benzene rings is 2. The van der Waals surface area contributed by atoms with E-state index in [2.05, 4.69) is 6.07 Å². The van der Waals surface area contributed by atoms with E-state index in [4.69, 9.17) is 4.42 Å². The highest BCUT2D eigenvalue weighted by atomic mass is 16.6. The predicted octanol–water partition coefficient (Wildman–Crippen LogP) is 5.34. The molecule has 0 aliphatic carbocycles. The average Bonchev–Trinajstić information content (AvgIpc) is 3.37. The van der Waals surface area contributed by atoms with Crippen molar-refractivity contribution in [1.82, 2.24) is 4.57 Å². The van der Waals surface area contributed by atoms with Crippen LogP contribution in [0.2, 0.25) is 0 Å². The molecule has 0 aliphatic heterocycles. The van der Waals surface area contributed by atoms with Crippen molar-refractivity contribution >= 4 is 28.6 Å². The van der Waals surface area contributed by atoms with Crippen molar-refractivity contribution in [2.75, 3.05) is 0 Å². The molecule has 0 radical (unpaired) electrons. The van der Waals surface area contributed by atoms with Gasteiger partial charge < -0.3 is 4.42 Å². The number of nitro benzene ring substituents is 1. The molecule has 0 fully saturated rings. The maximum Gasteiger partial charge on any atom is 0.273 e. The summed E-state index contributed by atoms with van der Waals surface area (Å²) >= 11 is 0. The Bertz CT molecular complexity index is 1370. The lowest BCUT2D eigenvalue weighted by molar-refractivity contribution is -0.385. The van der Waals surface area contributed by atoms with Crippen LogP contribution in [0.5, 0.6) is 0 Å². The van der Waals surface area contributed by atoms with E-state index in [1.165, 1.54) is 29.0 Å². The summed E-state index contributed by atoms with van der Waals surface area (Å²) in [7, 11) is 0. The Labute approximate surface area is 171 Å². The van der Waals surface area contributed by atoms with Gasteiger partial charge in [0.25, 0.3) is 11.6 Å². The largest absolute Gasteiger partial charge is 0.457 e. The van der Waals surface area contributed by atoms with Gasteiger partial charge in [-0.25, -0.2) is 0 Å². The number of hydrogen-bond acceptors (Lipinski definition) is 5. The molecule has 0 N–H and O–H groups in total. The third kappa shape index (κ3) is 3.38. The van der Waals surface area contributed by atoms with Gasteiger partial charge in [0.15, 0.2) is 0 Å². The number of fused-ring (bicyclic) bond motifs is 1. The minimum atomic E-state index is -0.432. The second-order valence-corrected chi connectivity index (χ2v) is 6.67. The van der Waals surface area contributed by atoms with E-state index >= 15 is 0 Å². The number of carbonyl (C=O) groups is 1. The summed E-state index contributed by atoms with van der Waals surface area (Å²) in [4.78, 5) is 23.4. The molecule has 2 aromatic carbocycles. The van der Waals surface area contributed by atoms with Crippen molar-refractivity contribution < 1.29 is 14.1 Å². The zero-order valence-electron chi connectivity index (χ0n) is 15.9. The minimum absolute atomic E-state index is 0.0175. The van der Waals surface area contributed by atoms with Gasteiger partial charge in [-0.1, -0.05) is 30.3 Å². The quantitative estimate of drug-likeness (QED) is 0.263. The number of rotatable bonds is 4. The summed E-state index contributed by atoms with van der Waals surface area (Å²) in [6, 6.07) is 17.5. The van der Waals surface area contributed by atoms with Crippen molar-refractivity contribution in [3.63, 3.8) is 0 Å². The summed E-state index contributed by atoms with van der Waals surface area (Å²) in [6.07, 6.45) is 4.39. The SMILES string of the molecule is Cc1ccc(-c2ccc(/C=C/C(=O)n3cc(C#N)c4ccccc43)o2)cc1[N+](=O)[O-]. The first-order chi connectivity index (χ1) is 14.5. The van der Waals surface area contributed by atoms with Crippen LogP contribution in [0.4, 0.5) is 5.69 Å². The number of para-hydroxylation sites is 1. The molecule has 0 aliphatic rings. The number of aromatic nitrogens is 1. The fourth-order valence-electron chi connectivity index (χ4n) is 3.24. The highest BCUT2D eigenvalue weighted by Crippen LogP contribution is 2.28. The Balaban J connectivity index is 1.60. The van der Waals surface area contributed by atoms with Gasteiger partial charge >= 0.3 is 0 Å². The molecule has 146 valence electrons. The van der Waals surface area contributed by atoms with E-state index in [9.17, 15) is 20.2 Å². The summed E-state index contributed by atoms with van der Waals surface area (Å²) in [6.45, 7) is 1.67. The highest BCUT2D eigenvalue weighted by Gasteiger charge is 2.14. The first-order valence-corrected chi connectivity index (χ1v) is 9.06. The summed E-state index contributed by atoms with van der Waals surface area (Å²) in [5.41, 5.74) is 2.23. The summed E-state index contributed by atoms with van der Waals surface area (Å²) in [5, 5.41) is 21.1. The van der Waals surface area contributed by atoms with Crippen molar-refractivity contribution in [3.05, 3.63) is 93.9 Å². The number of carbonyl (C=O) groups excluding carboxylic acids is 1. The number of nitriles is 1. The van der Waals surface area contributed by atoms with Crippen LogP contribution in [0, 0.1) is 28.4 Å². The Morgan fingerprint density at radius 2 is 2.00 bits per heavy atom. The Hall–Kier alpha value is -4.44. The molecule has 4 aromatic rings.